The molecule has 0 N–H and O–H groups in total. The highest BCUT2D eigenvalue weighted by molar-refractivity contribution is 7.17. The predicted octanol–water partition coefficient (Wildman–Crippen LogP) is 4.62. The molecule has 0 aliphatic carbocycles. The molecule has 1 aromatic carbocycles. The van der Waals surface area contributed by atoms with Gasteiger partial charge in [0, 0.05) is 54.2 Å². The Balaban J connectivity index is 0.00000210. The van der Waals surface area contributed by atoms with E-state index in [9.17, 15) is 0 Å². The number of rotatable bonds is 6. The zero-order valence-electron chi connectivity index (χ0n) is 15.6. The fourth-order valence-electron chi connectivity index (χ4n) is 3.48. The summed E-state index contributed by atoms with van der Waals surface area (Å²) in [6.07, 6.45) is 2.85. The second kappa shape index (κ2) is 9.40. The number of pyridine rings is 1. The molecule has 0 amide bonds. The molecule has 0 atom stereocenters. The SMILES string of the molecule is Cc1ccc(OCCCN2CCN(c3cccc4sccc34)CC2)cn1.Cl. The summed E-state index contributed by atoms with van der Waals surface area (Å²) in [6, 6.07) is 12.9. The van der Waals surface area contributed by atoms with E-state index >= 15 is 0 Å². The van der Waals surface area contributed by atoms with Crippen LogP contribution in [-0.2, 0) is 0 Å². The van der Waals surface area contributed by atoms with Crippen molar-refractivity contribution >= 4 is 39.5 Å². The first-order valence-electron chi connectivity index (χ1n) is 9.28. The van der Waals surface area contributed by atoms with Gasteiger partial charge in [-0.15, -0.1) is 23.7 Å². The number of aryl methyl sites for hydroxylation is 1. The summed E-state index contributed by atoms with van der Waals surface area (Å²) in [5.41, 5.74) is 2.41. The number of hydrogen-bond donors (Lipinski definition) is 0. The highest BCUT2D eigenvalue weighted by Gasteiger charge is 2.18. The lowest BCUT2D eigenvalue weighted by Gasteiger charge is -2.36. The minimum absolute atomic E-state index is 0. The van der Waals surface area contributed by atoms with E-state index in [1.54, 1.807) is 6.20 Å². The van der Waals surface area contributed by atoms with Gasteiger partial charge >= 0.3 is 0 Å². The first-order valence-corrected chi connectivity index (χ1v) is 10.2. The molecule has 1 aliphatic rings. The van der Waals surface area contributed by atoms with Gasteiger partial charge in [0.05, 0.1) is 12.8 Å². The Labute approximate surface area is 171 Å². The number of fused-ring (bicyclic) bond motifs is 1. The summed E-state index contributed by atoms with van der Waals surface area (Å²) in [4.78, 5) is 9.33. The maximum Gasteiger partial charge on any atom is 0.137 e. The number of piperazine rings is 1. The molecule has 6 heteroatoms. The summed E-state index contributed by atoms with van der Waals surface area (Å²) < 4.78 is 7.17. The van der Waals surface area contributed by atoms with Gasteiger partial charge in [0.15, 0.2) is 0 Å². The van der Waals surface area contributed by atoms with Crippen LogP contribution in [-0.4, -0.2) is 49.2 Å². The van der Waals surface area contributed by atoms with Crippen LogP contribution in [0.25, 0.3) is 10.1 Å². The highest BCUT2D eigenvalue weighted by Crippen LogP contribution is 2.31. The zero-order chi connectivity index (χ0) is 17.8. The van der Waals surface area contributed by atoms with E-state index in [-0.39, 0.29) is 12.4 Å². The number of thiophene rings is 1. The lowest BCUT2D eigenvalue weighted by molar-refractivity contribution is 0.224. The molecule has 0 radical (unpaired) electrons. The maximum absolute atomic E-state index is 5.78. The fraction of sp³-hybridized carbons (Fsp3) is 0.381. The second-order valence-electron chi connectivity index (χ2n) is 6.78. The largest absolute Gasteiger partial charge is 0.492 e. The Bertz CT molecular complexity index is 844. The Morgan fingerprint density at radius 3 is 2.70 bits per heavy atom. The molecule has 4 rings (SSSR count). The number of benzene rings is 1. The van der Waals surface area contributed by atoms with Crippen LogP contribution in [0.3, 0.4) is 0 Å². The molecular weight excluding hydrogens is 378 g/mol. The molecule has 0 saturated carbocycles. The van der Waals surface area contributed by atoms with E-state index in [2.05, 4.69) is 44.4 Å². The van der Waals surface area contributed by atoms with E-state index in [4.69, 9.17) is 4.74 Å². The van der Waals surface area contributed by atoms with Crippen LogP contribution >= 0.6 is 23.7 Å². The van der Waals surface area contributed by atoms with Crippen molar-refractivity contribution in [3.8, 4) is 5.75 Å². The summed E-state index contributed by atoms with van der Waals surface area (Å²) in [7, 11) is 0. The zero-order valence-corrected chi connectivity index (χ0v) is 17.3. The molecule has 1 saturated heterocycles. The third-order valence-electron chi connectivity index (χ3n) is 4.96. The first-order chi connectivity index (χ1) is 12.8. The minimum atomic E-state index is 0. The molecule has 2 aromatic heterocycles. The topological polar surface area (TPSA) is 28.6 Å². The second-order valence-corrected chi connectivity index (χ2v) is 7.72. The number of hydrogen-bond acceptors (Lipinski definition) is 5. The molecule has 144 valence electrons. The number of aromatic nitrogens is 1. The Hall–Kier alpha value is -1.82. The highest BCUT2D eigenvalue weighted by atomic mass is 35.5. The normalized spacial score (nSPS) is 14.9. The maximum atomic E-state index is 5.78. The standard InChI is InChI=1S/C21H25N3OS.ClH/c1-17-6-7-18(16-22-17)25-14-3-9-23-10-12-24(13-11-23)20-4-2-5-21-19(20)8-15-26-21;/h2,4-8,15-16H,3,9-14H2,1H3;1H. The van der Waals surface area contributed by atoms with Gasteiger partial charge in [0.25, 0.3) is 0 Å². The summed E-state index contributed by atoms with van der Waals surface area (Å²) in [6.45, 7) is 8.26. The van der Waals surface area contributed by atoms with Gasteiger partial charge in [-0.25, -0.2) is 0 Å². The predicted molar refractivity (Wildman–Crippen MR) is 117 cm³/mol. The van der Waals surface area contributed by atoms with Crippen LogP contribution in [0.15, 0.2) is 48.0 Å². The van der Waals surface area contributed by atoms with Crippen LogP contribution in [0, 0.1) is 6.92 Å². The van der Waals surface area contributed by atoms with Crippen molar-refractivity contribution in [3.63, 3.8) is 0 Å². The van der Waals surface area contributed by atoms with E-state index in [0.29, 0.717) is 0 Å². The lowest BCUT2D eigenvalue weighted by atomic mass is 10.2. The van der Waals surface area contributed by atoms with Crippen molar-refractivity contribution < 1.29 is 4.74 Å². The van der Waals surface area contributed by atoms with Gasteiger partial charge in [0.1, 0.15) is 5.75 Å². The van der Waals surface area contributed by atoms with Crippen LogP contribution in [0.5, 0.6) is 5.75 Å². The molecule has 0 unspecified atom stereocenters. The Kier molecular flexibility index (Phi) is 6.94. The van der Waals surface area contributed by atoms with Gasteiger partial charge in [0.2, 0.25) is 0 Å². The van der Waals surface area contributed by atoms with Gasteiger partial charge in [-0.2, -0.15) is 0 Å². The molecule has 0 bridgehead atoms. The summed E-state index contributed by atoms with van der Waals surface area (Å²) >= 11 is 1.82. The first kappa shape index (κ1) is 19.9. The molecule has 3 aromatic rings. The molecule has 0 spiro atoms. The Morgan fingerprint density at radius 2 is 1.93 bits per heavy atom. The van der Waals surface area contributed by atoms with E-state index in [1.165, 1.54) is 15.8 Å². The molecule has 1 fully saturated rings. The quantitative estimate of drug-likeness (QED) is 0.561. The van der Waals surface area contributed by atoms with E-state index in [0.717, 1.165) is 57.2 Å². The number of halogens is 1. The van der Waals surface area contributed by atoms with Crippen LogP contribution < -0.4 is 9.64 Å². The number of anilines is 1. The van der Waals surface area contributed by atoms with Crippen LogP contribution in [0.1, 0.15) is 12.1 Å². The van der Waals surface area contributed by atoms with Crippen molar-refractivity contribution in [1.82, 2.24) is 9.88 Å². The van der Waals surface area contributed by atoms with Crippen molar-refractivity contribution in [3.05, 3.63) is 53.7 Å². The van der Waals surface area contributed by atoms with E-state index < -0.39 is 0 Å². The van der Waals surface area contributed by atoms with Crippen molar-refractivity contribution in [2.75, 3.05) is 44.2 Å². The summed E-state index contributed by atoms with van der Waals surface area (Å²) in [5.74, 6) is 0.865. The Morgan fingerprint density at radius 1 is 1.07 bits per heavy atom. The third-order valence-corrected chi connectivity index (χ3v) is 5.84. The van der Waals surface area contributed by atoms with E-state index in [1.807, 2.05) is 30.4 Å². The van der Waals surface area contributed by atoms with Gasteiger partial charge in [-0.1, -0.05) is 6.07 Å². The average Bonchev–Trinajstić information content (AvgIpc) is 3.16. The molecule has 3 heterocycles. The minimum Gasteiger partial charge on any atom is -0.492 e. The number of nitrogens with zero attached hydrogens (tertiary/aromatic N) is 3. The molecule has 1 aliphatic heterocycles. The molecular formula is C21H26ClN3OS. The molecule has 4 nitrogen and oxygen atoms in total. The van der Waals surface area contributed by atoms with Crippen LogP contribution in [0.4, 0.5) is 5.69 Å². The van der Waals surface area contributed by atoms with Gasteiger partial charge in [-0.05, 0) is 49.1 Å². The van der Waals surface area contributed by atoms with Crippen molar-refractivity contribution in [2.45, 2.75) is 13.3 Å². The lowest BCUT2D eigenvalue weighted by Crippen LogP contribution is -2.46. The monoisotopic (exact) mass is 403 g/mol. The molecule has 27 heavy (non-hydrogen) atoms. The third kappa shape index (κ3) is 4.92. The average molecular weight is 404 g/mol. The smallest absolute Gasteiger partial charge is 0.137 e. The van der Waals surface area contributed by atoms with Crippen molar-refractivity contribution in [1.29, 1.82) is 0 Å². The van der Waals surface area contributed by atoms with Crippen molar-refractivity contribution in [2.24, 2.45) is 0 Å². The van der Waals surface area contributed by atoms with Gasteiger partial charge in [-0.3, -0.25) is 9.88 Å². The van der Waals surface area contributed by atoms with Crippen LogP contribution in [0.2, 0.25) is 0 Å². The fourth-order valence-corrected chi connectivity index (χ4v) is 4.29. The van der Waals surface area contributed by atoms with Gasteiger partial charge < -0.3 is 9.64 Å². The summed E-state index contributed by atoms with van der Waals surface area (Å²) in [5, 5.41) is 3.58. The number of ether oxygens (including phenoxy) is 1.